The molecule has 154 valence electrons. The van der Waals surface area contributed by atoms with Crippen molar-refractivity contribution in [3.05, 3.63) is 65.2 Å². The second-order valence-corrected chi connectivity index (χ2v) is 7.30. The number of carbonyl (C=O) groups excluding carboxylic acids is 1. The zero-order valence-corrected chi connectivity index (χ0v) is 17.3. The van der Waals surface area contributed by atoms with Gasteiger partial charge >= 0.3 is 0 Å². The first-order valence-corrected chi connectivity index (χ1v) is 10.2. The summed E-state index contributed by atoms with van der Waals surface area (Å²) in [5.74, 6) is 0.667. The van der Waals surface area contributed by atoms with Crippen molar-refractivity contribution < 1.29 is 9.53 Å². The van der Waals surface area contributed by atoms with Crippen LogP contribution in [0.15, 0.2) is 53.6 Å². The highest BCUT2D eigenvalue weighted by Gasteiger charge is 2.18. The van der Waals surface area contributed by atoms with Gasteiger partial charge in [0.2, 0.25) is 0 Å². The number of para-hydroxylation sites is 1. The number of carbonyl (C=O) groups is 1. The minimum absolute atomic E-state index is 0.0953. The molecule has 0 spiro atoms. The zero-order chi connectivity index (χ0) is 20.5. The monoisotopic (exact) mass is 394 g/mol. The molecule has 6 nitrogen and oxygen atoms in total. The summed E-state index contributed by atoms with van der Waals surface area (Å²) in [4.78, 5) is 16.8. The largest absolute Gasteiger partial charge is 0.493 e. The van der Waals surface area contributed by atoms with Crippen LogP contribution in [-0.4, -0.2) is 61.3 Å². The molecule has 1 amide bonds. The molecule has 1 saturated heterocycles. The van der Waals surface area contributed by atoms with Gasteiger partial charge in [0, 0.05) is 38.3 Å². The maximum atomic E-state index is 12.2. The Hall–Kier alpha value is -2.70. The molecule has 3 rings (SSSR count). The smallest absolute Gasteiger partial charge is 0.254 e. The molecule has 0 bridgehead atoms. The standard InChI is InChI=1S/C23H30N4O2/c1-3-29-22-7-5-4-6-21(22)16-24-25-23(28)18-27-14-12-26(13-15-27)17-20-10-8-19(2)9-11-20/h4-11,16H,3,12-15,17-18H2,1-2H3,(H,25,28)/b24-16+. The predicted octanol–water partition coefficient (Wildman–Crippen LogP) is 2.66. The summed E-state index contributed by atoms with van der Waals surface area (Å²) in [5.41, 5.74) is 6.09. The Morgan fingerprint density at radius 2 is 1.76 bits per heavy atom. The van der Waals surface area contributed by atoms with E-state index in [4.69, 9.17) is 4.74 Å². The topological polar surface area (TPSA) is 57.2 Å². The quantitative estimate of drug-likeness (QED) is 0.552. The van der Waals surface area contributed by atoms with E-state index in [0.29, 0.717) is 13.2 Å². The molecule has 0 unspecified atom stereocenters. The molecule has 1 fully saturated rings. The fourth-order valence-electron chi connectivity index (χ4n) is 3.34. The van der Waals surface area contributed by atoms with E-state index >= 15 is 0 Å². The number of hydrogen-bond donors (Lipinski definition) is 1. The van der Waals surface area contributed by atoms with Crippen molar-refractivity contribution >= 4 is 12.1 Å². The summed E-state index contributed by atoms with van der Waals surface area (Å²) < 4.78 is 5.56. The molecule has 0 atom stereocenters. The molecule has 1 heterocycles. The van der Waals surface area contributed by atoms with E-state index in [-0.39, 0.29) is 5.91 Å². The lowest BCUT2D eigenvalue weighted by Crippen LogP contribution is -2.48. The van der Waals surface area contributed by atoms with Crippen molar-refractivity contribution in [1.29, 1.82) is 0 Å². The fourth-order valence-corrected chi connectivity index (χ4v) is 3.34. The van der Waals surface area contributed by atoms with Crippen LogP contribution >= 0.6 is 0 Å². The molecule has 2 aromatic rings. The van der Waals surface area contributed by atoms with Gasteiger partial charge in [-0.3, -0.25) is 14.6 Å². The summed E-state index contributed by atoms with van der Waals surface area (Å²) in [6, 6.07) is 16.3. The van der Waals surface area contributed by atoms with Crippen LogP contribution in [-0.2, 0) is 11.3 Å². The average molecular weight is 395 g/mol. The minimum Gasteiger partial charge on any atom is -0.493 e. The van der Waals surface area contributed by atoms with Crippen LogP contribution in [0.5, 0.6) is 5.75 Å². The van der Waals surface area contributed by atoms with E-state index in [1.165, 1.54) is 11.1 Å². The molecule has 0 aromatic heterocycles. The third kappa shape index (κ3) is 6.69. The third-order valence-corrected chi connectivity index (χ3v) is 4.97. The van der Waals surface area contributed by atoms with E-state index in [2.05, 4.69) is 51.5 Å². The van der Waals surface area contributed by atoms with E-state index in [1.54, 1.807) is 6.21 Å². The second-order valence-electron chi connectivity index (χ2n) is 7.30. The number of amides is 1. The van der Waals surface area contributed by atoms with Gasteiger partial charge in [-0.15, -0.1) is 0 Å². The lowest BCUT2D eigenvalue weighted by molar-refractivity contribution is -0.122. The van der Waals surface area contributed by atoms with Crippen LogP contribution in [0, 0.1) is 6.92 Å². The maximum absolute atomic E-state index is 12.2. The van der Waals surface area contributed by atoms with E-state index < -0.39 is 0 Å². The highest BCUT2D eigenvalue weighted by Crippen LogP contribution is 2.15. The lowest BCUT2D eigenvalue weighted by atomic mass is 10.1. The molecule has 6 heteroatoms. The van der Waals surface area contributed by atoms with Gasteiger partial charge in [-0.2, -0.15) is 5.10 Å². The summed E-state index contributed by atoms with van der Waals surface area (Å²) in [6.07, 6.45) is 1.63. The van der Waals surface area contributed by atoms with Crippen molar-refractivity contribution in [2.24, 2.45) is 5.10 Å². The highest BCUT2D eigenvalue weighted by molar-refractivity contribution is 5.85. The van der Waals surface area contributed by atoms with Crippen molar-refractivity contribution in [1.82, 2.24) is 15.2 Å². The van der Waals surface area contributed by atoms with Crippen LogP contribution in [0.1, 0.15) is 23.6 Å². The Morgan fingerprint density at radius 3 is 2.48 bits per heavy atom. The summed E-state index contributed by atoms with van der Waals surface area (Å²) in [5, 5.41) is 4.09. The Morgan fingerprint density at radius 1 is 1.07 bits per heavy atom. The van der Waals surface area contributed by atoms with Gasteiger partial charge in [-0.1, -0.05) is 42.0 Å². The van der Waals surface area contributed by atoms with Crippen LogP contribution in [0.25, 0.3) is 0 Å². The number of hydrogen-bond acceptors (Lipinski definition) is 5. The average Bonchev–Trinajstić information content (AvgIpc) is 2.73. The van der Waals surface area contributed by atoms with Crippen molar-refractivity contribution in [3.8, 4) is 5.75 Å². The molecule has 0 aliphatic carbocycles. The molecular weight excluding hydrogens is 364 g/mol. The molecule has 1 aliphatic heterocycles. The molecule has 1 aliphatic rings. The number of piperazine rings is 1. The number of nitrogens with one attached hydrogen (secondary N) is 1. The summed E-state index contributed by atoms with van der Waals surface area (Å²) in [6.45, 7) is 9.66. The van der Waals surface area contributed by atoms with Crippen molar-refractivity contribution in [2.75, 3.05) is 39.3 Å². The van der Waals surface area contributed by atoms with Crippen LogP contribution < -0.4 is 10.2 Å². The zero-order valence-electron chi connectivity index (χ0n) is 17.3. The lowest BCUT2D eigenvalue weighted by Gasteiger charge is -2.34. The van der Waals surface area contributed by atoms with Gasteiger partial charge in [0.1, 0.15) is 5.75 Å². The number of ether oxygens (including phenoxy) is 1. The van der Waals surface area contributed by atoms with Gasteiger partial charge in [0.15, 0.2) is 0 Å². The van der Waals surface area contributed by atoms with E-state index in [9.17, 15) is 4.79 Å². The Balaban J connectivity index is 1.40. The van der Waals surface area contributed by atoms with E-state index in [0.717, 1.165) is 44.0 Å². The van der Waals surface area contributed by atoms with Gasteiger partial charge in [0.05, 0.1) is 19.4 Å². The summed E-state index contributed by atoms with van der Waals surface area (Å²) in [7, 11) is 0. The molecule has 2 aromatic carbocycles. The minimum atomic E-state index is -0.0953. The molecule has 0 radical (unpaired) electrons. The Bertz CT molecular complexity index is 812. The first kappa shape index (κ1) is 21.0. The molecule has 0 saturated carbocycles. The number of benzene rings is 2. The van der Waals surface area contributed by atoms with Crippen LogP contribution in [0.2, 0.25) is 0 Å². The van der Waals surface area contributed by atoms with E-state index in [1.807, 2.05) is 31.2 Å². The number of rotatable bonds is 8. The number of nitrogens with zero attached hydrogens (tertiary/aromatic N) is 3. The maximum Gasteiger partial charge on any atom is 0.254 e. The van der Waals surface area contributed by atoms with Gasteiger partial charge in [-0.05, 0) is 31.5 Å². The molecule has 1 N–H and O–H groups in total. The van der Waals surface area contributed by atoms with Crippen LogP contribution in [0.4, 0.5) is 0 Å². The Kier molecular flexibility index (Phi) is 7.78. The first-order chi connectivity index (χ1) is 14.1. The fraction of sp³-hybridized carbons (Fsp3) is 0.391. The SMILES string of the molecule is CCOc1ccccc1/C=N/NC(=O)CN1CCN(Cc2ccc(C)cc2)CC1. The number of hydrazone groups is 1. The van der Waals surface area contributed by atoms with Gasteiger partial charge in [0.25, 0.3) is 5.91 Å². The van der Waals surface area contributed by atoms with Gasteiger partial charge in [-0.25, -0.2) is 5.43 Å². The predicted molar refractivity (Wildman–Crippen MR) is 116 cm³/mol. The molecular formula is C23H30N4O2. The Labute approximate surface area is 173 Å². The van der Waals surface area contributed by atoms with Gasteiger partial charge < -0.3 is 4.74 Å². The highest BCUT2D eigenvalue weighted by atomic mass is 16.5. The molecule has 29 heavy (non-hydrogen) atoms. The summed E-state index contributed by atoms with van der Waals surface area (Å²) >= 11 is 0. The third-order valence-electron chi connectivity index (χ3n) is 4.97. The normalized spacial score (nSPS) is 15.5. The van der Waals surface area contributed by atoms with Crippen molar-refractivity contribution in [3.63, 3.8) is 0 Å². The number of aryl methyl sites for hydroxylation is 1. The van der Waals surface area contributed by atoms with Crippen LogP contribution in [0.3, 0.4) is 0 Å². The first-order valence-electron chi connectivity index (χ1n) is 10.2. The van der Waals surface area contributed by atoms with Crippen molar-refractivity contribution in [2.45, 2.75) is 20.4 Å². The second kappa shape index (κ2) is 10.7.